The maximum absolute atomic E-state index is 12.9. The van der Waals surface area contributed by atoms with Gasteiger partial charge in [-0.15, -0.1) is 0 Å². The Morgan fingerprint density at radius 2 is 2.00 bits per heavy atom. The number of thioether (sulfide) groups is 1. The van der Waals surface area contributed by atoms with E-state index >= 15 is 0 Å². The van der Waals surface area contributed by atoms with E-state index in [0.717, 1.165) is 61.9 Å². The molecular weight excluding hydrogens is 344 g/mol. The fourth-order valence-electron chi connectivity index (χ4n) is 3.35. The van der Waals surface area contributed by atoms with Crippen LogP contribution in [-0.2, 0) is 11.3 Å². The molecule has 1 aromatic carbocycles. The number of rotatable bonds is 8. The molecule has 0 radical (unpaired) electrons. The third-order valence-electron chi connectivity index (χ3n) is 4.82. The minimum Gasteiger partial charge on any atom is -0.354 e. The van der Waals surface area contributed by atoms with Gasteiger partial charge in [0.05, 0.1) is 0 Å². The highest BCUT2D eigenvalue weighted by molar-refractivity contribution is 7.99. The molecule has 5 nitrogen and oxygen atoms in total. The summed E-state index contributed by atoms with van der Waals surface area (Å²) in [6.45, 7) is 5.63. The van der Waals surface area contributed by atoms with Crippen molar-refractivity contribution >= 4 is 17.7 Å². The van der Waals surface area contributed by atoms with Gasteiger partial charge in [-0.1, -0.05) is 30.3 Å². The van der Waals surface area contributed by atoms with Gasteiger partial charge in [0, 0.05) is 50.1 Å². The summed E-state index contributed by atoms with van der Waals surface area (Å²) < 4.78 is 2.15. The highest BCUT2D eigenvalue weighted by atomic mass is 32.2. The van der Waals surface area contributed by atoms with Crippen molar-refractivity contribution in [2.24, 2.45) is 0 Å². The number of aromatic nitrogens is 2. The van der Waals surface area contributed by atoms with E-state index in [-0.39, 0.29) is 11.9 Å². The lowest BCUT2D eigenvalue weighted by molar-refractivity contribution is -0.126. The lowest BCUT2D eigenvalue weighted by Gasteiger charge is -2.33. The van der Waals surface area contributed by atoms with Gasteiger partial charge in [-0.25, -0.2) is 4.98 Å². The molecule has 0 bridgehead atoms. The van der Waals surface area contributed by atoms with Crippen LogP contribution in [0.1, 0.15) is 30.3 Å². The zero-order valence-corrected chi connectivity index (χ0v) is 16.3. The highest BCUT2D eigenvalue weighted by Crippen LogP contribution is 2.24. The maximum atomic E-state index is 12.9. The first-order valence-electron chi connectivity index (χ1n) is 9.38. The molecular formula is C20H28N4OS. The van der Waals surface area contributed by atoms with E-state index in [1.807, 2.05) is 49.3 Å². The Morgan fingerprint density at radius 1 is 1.23 bits per heavy atom. The van der Waals surface area contributed by atoms with Crippen LogP contribution in [0.5, 0.6) is 0 Å². The van der Waals surface area contributed by atoms with Crippen molar-refractivity contribution in [2.75, 3.05) is 31.1 Å². The number of amides is 1. The Bertz CT molecular complexity index is 682. The zero-order chi connectivity index (χ0) is 18.2. The second kappa shape index (κ2) is 9.78. The second-order valence-electron chi connectivity index (χ2n) is 6.63. The molecule has 1 atom stereocenters. The smallest absolute Gasteiger partial charge is 0.241 e. The van der Waals surface area contributed by atoms with Gasteiger partial charge in [-0.05, 0) is 25.3 Å². The summed E-state index contributed by atoms with van der Waals surface area (Å²) >= 11 is 1.97. The van der Waals surface area contributed by atoms with Crippen molar-refractivity contribution in [1.29, 1.82) is 0 Å². The van der Waals surface area contributed by atoms with Crippen LogP contribution in [0, 0.1) is 6.92 Å². The van der Waals surface area contributed by atoms with Crippen molar-refractivity contribution in [3.05, 3.63) is 54.1 Å². The molecule has 1 saturated heterocycles. The molecule has 0 saturated carbocycles. The fourth-order valence-corrected chi connectivity index (χ4v) is 4.29. The number of nitrogens with one attached hydrogen (secondary N) is 1. The van der Waals surface area contributed by atoms with Crippen LogP contribution in [0.3, 0.4) is 0 Å². The largest absolute Gasteiger partial charge is 0.354 e. The molecule has 1 aliphatic heterocycles. The number of aryl methyl sites for hydroxylation is 2. The number of hydrogen-bond donors (Lipinski definition) is 1. The Hall–Kier alpha value is -1.79. The lowest BCUT2D eigenvalue weighted by Crippen LogP contribution is -2.44. The van der Waals surface area contributed by atoms with Gasteiger partial charge in [0.1, 0.15) is 11.9 Å². The molecule has 0 unspecified atom stereocenters. The van der Waals surface area contributed by atoms with E-state index in [2.05, 4.69) is 31.9 Å². The monoisotopic (exact) mass is 372 g/mol. The summed E-state index contributed by atoms with van der Waals surface area (Å²) in [5, 5.41) is 3.16. The second-order valence-corrected chi connectivity index (χ2v) is 7.85. The Balaban J connectivity index is 1.51. The molecule has 1 aliphatic rings. The minimum absolute atomic E-state index is 0.127. The summed E-state index contributed by atoms with van der Waals surface area (Å²) in [5.74, 6) is 3.37. The van der Waals surface area contributed by atoms with Crippen LogP contribution in [-0.4, -0.2) is 51.5 Å². The third-order valence-corrected chi connectivity index (χ3v) is 5.77. The summed E-state index contributed by atoms with van der Waals surface area (Å²) in [7, 11) is 0. The maximum Gasteiger partial charge on any atom is 0.241 e. The minimum atomic E-state index is -0.173. The van der Waals surface area contributed by atoms with Crippen molar-refractivity contribution in [3.8, 4) is 0 Å². The van der Waals surface area contributed by atoms with Crippen molar-refractivity contribution in [2.45, 2.75) is 32.4 Å². The van der Waals surface area contributed by atoms with E-state index in [4.69, 9.17) is 0 Å². The normalized spacial score (nSPS) is 16.3. The van der Waals surface area contributed by atoms with Gasteiger partial charge in [0.25, 0.3) is 0 Å². The number of unbranched alkanes of at least 4 members (excludes halogenated alkanes) is 1. The van der Waals surface area contributed by atoms with Gasteiger partial charge in [-0.2, -0.15) is 11.8 Å². The first-order valence-corrected chi connectivity index (χ1v) is 10.5. The van der Waals surface area contributed by atoms with Crippen molar-refractivity contribution < 1.29 is 4.79 Å². The molecule has 0 aliphatic carbocycles. The molecule has 26 heavy (non-hydrogen) atoms. The summed E-state index contributed by atoms with van der Waals surface area (Å²) in [5.41, 5.74) is 1.09. The average molecular weight is 373 g/mol. The number of carbonyl (C=O) groups is 1. The average Bonchev–Trinajstić information content (AvgIpc) is 3.08. The molecule has 1 amide bonds. The van der Waals surface area contributed by atoms with Crippen LogP contribution in [0.4, 0.5) is 0 Å². The van der Waals surface area contributed by atoms with Crippen LogP contribution < -0.4 is 5.32 Å². The quantitative estimate of drug-likeness (QED) is 0.724. The van der Waals surface area contributed by atoms with Crippen LogP contribution >= 0.6 is 11.8 Å². The summed E-state index contributed by atoms with van der Waals surface area (Å²) in [6, 6.07) is 9.99. The molecule has 1 fully saturated rings. The van der Waals surface area contributed by atoms with Crippen molar-refractivity contribution in [1.82, 2.24) is 19.8 Å². The van der Waals surface area contributed by atoms with E-state index in [1.165, 1.54) is 0 Å². The molecule has 2 heterocycles. The number of hydrogen-bond acceptors (Lipinski definition) is 4. The predicted molar refractivity (Wildman–Crippen MR) is 107 cm³/mol. The van der Waals surface area contributed by atoms with E-state index < -0.39 is 0 Å². The molecule has 140 valence electrons. The zero-order valence-electron chi connectivity index (χ0n) is 15.4. The highest BCUT2D eigenvalue weighted by Gasteiger charge is 2.28. The first kappa shape index (κ1) is 19.0. The standard InChI is InChI=1S/C20H28N4OS/c1-17-21-10-12-23(17)11-6-5-9-22-20(25)19(18-7-3-2-4-8-18)24-13-15-26-16-14-24/h2-4,7-8,10,12,19H,5-6,9,11,13-16H2,1H3,(H,22,25)/t19-/m0/s1. The fraction of sp³-hybridized carbons (Fsp3) is 0.500. The number of imidazole rings is 1. The van der Waals surface area contributed by atoms with E-state index in [1.54, 1.807) is 0 Å². The number of nitrogens with zero attached hydrogens (tertiary/aromatic N) is 3. The van der Waals surface area contributed by atoms with Gasteiger partial charge in [0.15, 0.2) is 0 Å². The van der Waals surface area contributed by atoms with E-state index in [0.29, 0.717) is 0 Å². The van der Waals surface area contributed by atoms with Crippen LogP contribution in [0.25, 0.3) is 0 Å². The topological polar surface area (TPSA) is 50.2 Å². The third kappa shape index (κ3) is 5.11. The van der Waals surface area contributed by atoms with Gasteiger partial charge in [-0.3, -0.25) is 9.69 Å². The molecule has 1 N–H and O–H groups in total. The summed E-state index contributed by atoms with van der Waals surface area (Å²) in [4.78, 5) is 19.5. The van der Waals surface area contributed by atoms with Gasteiger partial charge >= 0.3 is 0 Å². The van der Waals surface area contributed by atoms with Crippen molar-refractivity contribution in [3.63, 3.8) is 0 Å². The Kier molecular flexibility index (Phi) is 7.14. The SMILES string of the molecule is Cc1nccn1CCCCNC(=O)[C@H](c1ccccc1)N1CCSCC1. The molecule has 3 rings (SSSR count). The van der Waals surface area contributed by atoms with E-state index in [9.17, 15) is 4.79 Å². The Morgan fingerprint density at radius 3 is 2.69 bits per heavy atom. The Labute approximate surface area is 160 Å². The molecule has 0 spiro atoms. The molecule has 6 heteroatoms. The molecule has 2 aromatic rings. The summed E-state index contributed by atoms with van der Waals surface area (Å²) in [6.07, 6.45) is 5.85. The molecule has 1 aromatic heterocycles. The number of benzene rings is 1. The first-order chi connectivity index (χ1) is 12.8. The lowest BCUT2D eigenvalue weighted by atomic mass is 10.0. The van der Waals surface area contributed by atoms with Crippen LogP contribution in [0.2, 0.25) is 0 Å². The number of carbonyl (C=O) groups excluding carboxylic acids is 1. The van der Waals surface area contributed by atoms with Gasteiger partial charge in [0.2, 0.25) is 5.91 Å². The van der Waals surface area contributed by atoms with Gasteiger partial charge < -0.3 is 9.88 Å². The van der Waals surface area contributed by atoms with Crippen LogP contribution in [0.15, 0.2) is 42.7 Å². The predicted octanol–water partition coefficient (Wildman–Crippen LogP) is 2.88.